The lowest BCUT2D eigenvalue weighted by Crippen LogP contribution is -2.61. The zero-order valence-corrected chi connectivity index (χ0v) is 17.3. The number of fused-ring (bicyclic) bond motifs is 5. The van der Waals surface area contributed by atoms with E-state index >= 15 is 0 Å². The Labute approximate surface area is 164 Å². The standard InChI is InChI=1S/C23H39NO3/c1-22-8-7-18-16(17(22)5-6-21(22)26)4-3-15-13-20(25)19(14-23(15,18)2)24-9-11-27-12-10-24/h15-21,25-26H,3-14H2,1-2H3/t15-,16-,17-,18-,19-,20-,21-,22-,23-/m0/s1. The van der Waals surface area contributed by atoms with E-state index in [2.05, 4.69) is 18.7 Å². The van der Waals surface area contributed by atoms with Gasteiger partial charge in [-0.25, -0.2) is 0 Å². The van der Waals surface area contributed by atoms with Crippen molar-refractivity contribution in [2.24, 2.45) is 34.5 Å². The van der Waals surface area contributed by atoms with Crippen LogP contribution in [0, 0.1) is 34.5 Å². The number of ether oxygens (including phenoxy) is 1. The zero-order valence-electron chi connectivity index (χ0n) is 17.3. The highest BCUT2D eigenvalue weighted by molar-refractivity contribution is 5.11. The minimum absolute atomic E-state index is 0.0803. The Morgan fingerprint density at radius 1 is 0.889 bits per heavy atom. The van der Waals surface area contributed by atoms with Crippen molar-refractivity contribution in [1.29, 1.82) is 0 Å². The van der Waals surface area contributed by atoms with Crippen LogP contribution in [0.25, 0.3) is 0 Å². The molecule has 0 aromatic rings. The van der Waals surface area contributed by atoms with Gasteiger partial charge in [0.2, 0.25) is 0 Å². The van der Waals surface area contributed by atoms with Gasteiger partial charge in [-0.1, -0.05) is 13.8 Å². The number of nitrogens with zero attached hydrogens (tertiary/aromatic N) is 1. The molecule has 4 saturated carbocycles. The van der Waals surface area contributed by atoms with Crippen molar-refractivity contribution >= 4 is 0 Å². The van der Waals surface area contributed by atoms with E-state index in [0.717, 1.165) is 63.3 Å². The smallest absolute Gasteiger partial charge is 0.0698 e. The lowest BCUT2D eigenvalue weighted by molar-refractivity contribution is -0.158. The lowest BCUT2D eigenvalue weighted by Gasteiger charge is -2.62. The van der Waals surface area contributed by atoms with E-state index < -0.39 is 0 Å². The first kappa shape index (κ1) is 18.8. The van der Waals surface area contributed by atoms with Crippen LogP contribution in [0.2, 0.25) is 0 Å². The molecular weight excluding hydrogens is 338 g/mol. The third-order valence-corrected chi connectivity index (χ3v) is 10.1. The van der Waals surface area contributed by atoms with Crippen LogP contribution in [0.4, 0.5) is 0 Å². The third-order valence-electron chi connectivity index (χ3n) is 10.1. The summed E-state index contributed by atoms with van der Waals surface area (Å²) < 4.78 is 5.56. The van der Waals surface area contributed by atoms with Crippen LogP contribution < -0.4 is 0 Å². The molecule has 1 saturated heterocycles. The maximum atomic E-state index is 11.0. The minimum atomic E-state index is -0.167. The van der Waals surface area contributed by atoms with E-state index in [1.54, 1.807) is 0 Å². The summed E-state index contributed by atoms with van der Waals surface area (Å²) in [6.45, 7) is 8.53. The van der Waals surface area contributed by atoms with Crippen molar-refractivity contribution in [3.63, 3.8) is 0 Å². The Kier molecular flexibility index (Phi) is 4.66. The maximum Gasteiger partial charge on any atom is 0.0698 e. The molecule has 27 heavy (non-hydrogen) atoms. The summed E-state index contributed by atoms with van der Waals surface area (Å²) in [5.41, 5.74) is 0.530. The van der Waals surface area contributed by atoms with Crippen molar-refractivity contribution in [3.05, 3.63) is 0 Å². The number of aliphatic hydroxyl groups is 2. The van der Waals surface area contributed by atoms with Gasteiger partial charge >= 0.3 is 0 Å². The van der Waals surface area contributed by atoms with E-state index in [9.17, 15) is 10.2 Å². The van der Waals surface area contributed by atoms with Crippen LogP contribution in [0.5, 0.6) is 0 Å². The van der Waals surface area contributed by atoms with E-state index in [-0.39, 0.29) is 17.6 Å². The van der Waals surface area contributed by atoms with Gasteiger partial charge in [-0.15, -0.1) is 0 Å². The maximum absolute atomic E-state index is 11.0. The second kappa shape index (κ2) is 6.68. The average Bonchev–Trinajstić information content (AvgIpc) is 2.97. The highest BCUT2D eigenvalue weighted by atomic mass is 16.5. The van der Waals surface area contributed by atoms with Gasteiger partial charge in [0.1, 0.15) is 0 Å². The molecule has 4 aliphatic carbocycles. The van der Waals surface area contributed by atoms with E-state index in [0.29, 0.717) is 17.4 Å². The molecule has 1 aliphatic heterocycles. The SMILES string of the molecule is C[C@]12C[C@H](N3CCOCC3)[C@@H](O)C[C@@H]1CC[C@@H]1[C@@H]2CC[C@]2(C)[C@@H](O)CC[C@@H]12. The fraction of sp³-hybridized carbons (Fsp3) is 1.00. The largest absolute Gasteiger partial charge is 0.393 e. The number of rotatable bonds is 1. The molecule has 5 fully saturated rings. The van der Waals surface area contributed by atoms with Crippen LogP contribution in [-0.4, -0.2) is 59.7 Å². The molecule has 9 atom stereocenters. The summed E-state index contributed by atoms with van der Waals surface area (Å²) in [6.07, 6.45) is 9.25. The summed E-state index contributed by atoms with van der Waals surface area (Å²) in [4.78, 5) is 2.52. The molecule has 0 aromatic carbocycles. The zero-order chi connectivity index (χ0) is 18.8. The minimum Gasteiger partial charge on any atom is -0.393 e. The second-order valence-electron chi connectivity index (χ2n) is 11.0. The average molecular weight is 378 g/mol. The van der Waals surface area contributed by atoms with Crippen molar-refractivity contribution in [1.82, 2.24) is 4.90 Å². The molecule has 1 heterocycles. The number of morpholine rings is 1. The van der Waals surface area contributed by atoms with Gasteiger partial charge in [-0.05, 0) is 85.9 Å². The second-order valence-corrected chi connectivity index (χ2v) is 11.0. The predicted octanol–water partition coefficient (Wildman–Crippen LogP) is 3.06. The molecule has 5 rings (SSSR count). The van der Waals surface area contributed by atoms with Gasteiger partial charge in [-0.3, -0.25) is 4.90 Å². The summed E-state index contributed by atoms with van der Waals surface area (Å²) in [5, 5.41) is 21.6. The fourth-order valence-corrected chi connectivity index (χ4v) is 8.53. The highest BCUT2D eigenvalue weighted by Gasteiger charge is 2.61. The first-order valence-electron chi connectivity index (χ1n) is 11.6. The molecule has 0 spiro atoms. The lowest BCUT2D eigenvalue weighted by atomic mass is 9.44. The number of hydrogen-bond donors (Lipinski definition) is 2. The van der Waals surface area contributed by atoms with Gasteiger partial charge in [0.05, 0.1) is 25.4 Å². The molecule has 5 aliphatic rings. The van der Waals surface area contributed by atoms with Gasteiger partial charge in [0.15, 0.2) is 0 Å². The summed E-state index contributed by atoms with van der Waals surface area (Å²) >= 11 is 0. The quantitative estimate of drug-likeness (QED) is 0.737. The predicted molar refractivity (Wildman–Crippen MR) is 105 cm³/mol. The Morgan fingerprint density at radius 2 is 1.63 bits per heavy atom. The first-order chi connectivity index (χ1) is 12.9. The Morgan fingerprint density at radius 3 is 2.41 bits per heavy atom. The Hall–Kier alpha value is -0.160. The summed E-state index contributed by atoms with van der Waals surface area (Å²) in [5.74, 6) is 2.98. The molecule has 0 bridgehead atoms. The van der Waals surface area contributed by atoms with Gasteiger partial charge in [-0.2, -0.15) is 0 Å². The Balaban J connectivity index is 1.40. The molecule has 2 N–H and O–H groups in total. The molecule has 0 radical (unpaired) electrons. The van der Waals surface area contributed by atoms with Crippen LogP contribution in [0.15, 0.2) is 0 Å². The van der Waals surface area contributed by atoms with Crippen molar-refractivity contribution in [2.75, 3.05) is 26.3 Å². The van der Waals surface area contributed by atoms with Crippen molar-refractivity contribution in [3.8, 4) is 0 Å². The topological polar surface area (TPSA) is 52.9 Å². The van der Waals surface area contributed by atoms with E-state index in [1.165, 1.54) is 32.1 Å². The molecule has 4 heteroatoms. The molecule has 4 nitrogen and oxygen atoms in total. The van der Waals surface area contributed by atoms with Gasteiger partial charge in [0.25, 0.3) is 0 Å². The van der Waals surface area contributed by atoms with E-state index in [1.807, 2.05) is 0 Å². The van der Waals surface area contributed by atoms with Gasteiger partial charge in [0, 0.05) is 19.1 Å². The molecule has 0 aromatic heterocycles. The van der Waals surface area contributed by atoms with Crippen molar-refractivity contribution in [2.45, 2.75) is 83.5 Å². The van der Waals surface area contributed by atoms with Crippen LogP contribution >= 0.6 is 0 Å². The fourth-order valence-electron chi connectivity index (χ4n) is 8.53. The molecule has 154 valence electrons. The summed E-state index contributed by atoms with van der Waals surface area (Å²) in [7, 11) is 0. The molecular formula is C23H39NO3. The number of hydrogen-bond acceptors (Lipinski definition) is 4. The monoisotopic (exact) mass is 377 g/mol. The van der Waals surface area contributed by atoms with Crippen LogP contribution in [-0.2, 0) is 4.74 Å². The summed E-state index contributed by atoms with van der Waals surface area (Å²) in [6, 6.07) is 0.316. The Bertz CT molecular complexity index is 564. The van der Waals surface area contributed by atoms with Crippen LogP contribution in [0.1, 0.15) is 65.2 Å². The molecule has 0 unspecified atom stereocenters. The van der Waals surface area contributed by atoms with Crippen molar-refractivity contribution < 1.29 is 14.9 Å². The highest BCUT2D eigenvalue weighted by Crippen LogP contribution is 2.66. The molecule has 0 amide bonds. The normalized spacial score (nSPS) is 56.2. The first-order valence-corrected chi connectivity index (χ1v) is 11.6. The van der Waals surface area contributed by atoms with E-state index in [4.69, 9.17) is 4.74 Å². The van der Waals surface area contributed by atoms with Gasteiger partial charge < -0.3 is 14.9 Å². The third kappa shape index (κ3) is 2.77. The van der Waals surface area contributed by atoms with Crippen LogP contribution in [0.3, 0.4) is 0 Å². The number of aliphatic hydroxyl groups excluding tert-OH is 2.